The molecule has 1 amide bonds. The molecule has 0 aliphatic rings. The molecule has 0 aliphatic heterocycles. The molecule has 0 saturated heterocycles. The number of benzene rings is 1. The average Bonchev–Trinajstić information content (AvgIpc) is 2.38. The quantitative estimate of drug-likeness (QED) is 0.712. The van der Waals surface area contributed by atoms with Crippen LogP contribution in [0.15, 0.2) is 33.9 Å². The molecule has 0 bridgehead atoms. The largest absolute Gasteiger partial charge is 0.368 e. The highest BCUT2D eigenvalue weighted by atomic mass is 79.9. The molecule has 0 saturated carbocycles. The van der Waals surface area contributed by atoms with Crippen molar-refractivity contribution in [3.05, 3.63) is 28.7 Å². The SMILES string of the molecule is Nc1nc(N)nc(SCC(=O)Nc2ccc(Br)cc2)n1. The van der Waals surface area contributed by atoms with E-state index in [1.54, 1.807) is 12.1 Å². The number of thioether (sulfide) groups is 1. The molecule has 1 aromatic heterocycles. The van der Waals surface area contributed by atoms with E-state index in [1.807, 2.05) is 12.1 Å². The Labute approximate surface area is 127 Å². The van der Waals surface area contributed by atoms with Gasteiger partial charge in [-0.15, -0.1) is 0 Å². The van der Waals surface area contributed by atoms with E-state index in [9.17, 15) is 4.79 Å². The minimum absolute atomic E-state index is 0.0355. The second-order valence-electron chi connectivity index (χ2n) is 3.68. The Bertz CT molecular complexity index is 601. The molecular weight excluding hydrogens is 344 g/mol. The summed E-state index contributed by atoms with van der Waals surface area (Å²) in [4.78, 5) is 23.2. The number of halogens is 1. The molecule has 9 heteroatoms. The highest BCUT2D eigenvalue weighted by Crippen LogP contribution is 2.17. The number of anilines is 3. The number of hydrogen-bond acceptors (Lipinski definition) is 7. The van der Waals surface area contributed by atoms with Gasteiger partial charge in [-0.25, -0.2) is 0 Å². The van der Waals surface area contributed by atoms with Crippen molar-refractivity contribution >= 4 is 51.2 Å². The van der Waals surface area contributed by atoms with Crippen LogP contribution in [0.1, 0.15) is 0 Å². The van der Waals surface area contributed by atoms with E-state index in [-0.39, 0.29) is 23.6 Å². The number of nitrogens with zero attached hydrogens (tertiary/aromatic N) is 3. The van der Waals surface area contributed by atoms with Crippen molar-refractivity contribution in [2.24, 2.45) is 0 Å². The Morgan fingerprint density at radius 2 is 1.75 bits per heavy atom. The second-order valence-corrected chi connectivity index (χ2v) is 5.54. The van der Waals surface area contributed by atoms with Gasteiger partial charge in [-0.3, -0.25) is 4.79 Å². The van der Waals surface area contributed by atoms with Crippen molar-refractivity contribution in [2.45, 2.75) is 5.16 Å². The molecule has 0 aliphatic carbocycles. The van der Waals surface area contributed by atoms with E-state index >= 15 is 0 Å². The van der Waals surface area contributed by atoms with Crippen molar-refractivity contribution in [1.82, 2.24) is 15.0 Å². The first kappa shape index (κ1) is 14.5. The number of nitrogen functional groups attached to an aromatic ring is 2. The normalized spacial score (nSPS) is 10.2. The Kier molecular flexibility index (Phi) is 4.74. The van der Waals surface area contributed by atoms with Crippen LogP contribution < -0.4 is 16.8 Å². The fraction of sp³-hybridized carbons (Fsp3) is 0.0909. The molecule has 104 valence electrons. The highest BCUT2D eigenvalue weighted by Gasteiger charge is 2.07. The molecule has 20 heavy (non-hydrogen) atoms. The van der Waals surface area contributed by atoms with Crippen LogP contribution in [0.4, 0.5) is 17.6 Å². The van der Waals surface area contributed by atoms with Gasteiger partial charge in [0.05, 0.1) is 5.75 Å². The maximum Gasteiger partial charge on any atom is 0.234 e. The summed E-state index contributed by atoms with van der Waals surface area (Å²) >= 11 is 4.46. The Morgan fingerprint density at radius 3 is 2.35 bits per heavy atom. The zero-order chi connectivity index (χ0) is 14.5. The molecule has 7 nitrogen and oxygen atoms in total. The molecule has 0 radical (unpaired) electrons. The lowest BCUT2D eigenvalue weighted by molar-refractivity contribution is -0.113. The van der Waals surface area contributed by atoms with Gasteiger partial charge in [-0.05, 0) is 24.3 Å². The van der Waals surface area contributed by atoms with E-state index in [2.05, 4.69) is 36.2 Å². The summed E-state index contributed by atoms with van der Waals surface area (Å²) in [6, 6.07) is 7.28. The third kappa shape index (κ3) is 4.35. The zero-order valence-electron chi connectivity index (χ0n) is 10.2. The van der Waals surface area contributed by atoms with Gasteiger partial charge < -0.3 is 16.8 Å². The predicted octanol–water partition coefficient (Wildman–Crippen LogP) is 1.53. The standard InChI is InChI=1S/C11H11BrN6OS/c12-6-1-3-7(4-2-6)15-8(19)5-20-11-17-9(13)16-10(14)18-11/h1-4H,5H2,(H,15,19)(H4,13,14,16,17,18). The first-order valence-corrected chi connectivity index (χ1v) is 7.26. The number of carbonyl (C=O) groups excluding carboxylic acids is 1. The molecule has 0 spiro atoms. The van der Waals surface area contributed by atoms with Crippen LogP contribution in [0, 0.1) is 0 Å². The predicted molar refractivity (Wildman–Crippen MR) is 82.1 cm³/mol. The summed E-state index contributed by atoms with van der Waals surface area (Å²) < 4.78 is 0.945. The van der Waals surface area contributed by atoms with Gasteiger partial charge in [0, 0.05) is 10.2 Å². The van der Waals surface area contributed by atoms with Crippen LogP contribution in [0.3, 0.4) is 0 Å². The number of aromatic nitrogens is 3. The van der Waals surface area contributed by atoms with Crippen LogP contribution in [0.25, 0.3) is 0 Å². The Hall–Kier alpha value is -1.87. The molecule has 1 aromatic carbocycles. The molecule has 1 heterocycles. The monoisotopic (exact) mass is 354 g/mol. The van der Waals surface area contributed by atoms with Crippen molar-refractivity contribution in [2.75, 3.05) is 22.5 Å². The zero-order valence-corrected chi connectivity index (χ0v) is 12.6. The van der Waals surface area contributed by atoms with E-state index in [1.165, 1.54) is 0 Å². The van der Waals surface area contributed by atoms with Crippen molar-refractivity contribution in [1.29, 1.82) is 0 Å². The maximum absolute atomic E-state index is 11.8. The van der Waals surface area contributed by atoms with Gasteiger partial charge in [0.1, 0.15) is 0 Å². The van der Waals surface area contributed by atoms with Crippen LogP contribution in [-0.4, -0.2) is 26.6 Å². The number of hydrogen-bond donors (Lipinski definition) is 3. The topological polar surface area (TPSA) is 120 Å². The fourth-order valence-electron chi connectivity index (χ4n) is 1.31. The van der Waals surface area contributed by atoms with Gasteiger partial charge >= 0.3 is 0 Å². The van der Waals surface area contributed by atoms with Crippen LogP contribution in [-0.2, 0) is 4.79 Å². The number of rotatable bonds is 4. The van der Waals surface area contributed by atoms with E-state index in [4.69, 9.17) is 11.5 Å². The summed E-state index contributed by atoms with van der Waals surface area (Å²) in [5, 5.41) is 3.07. The molecule has 2 rings (SSSR count). The highest BCUT2D eigenvalue weighted by molar-refractivity contribution is 9.10. The summed E-state index contributed by atoms with van der Waals surface area (Å²) in [7, 11) is 0. The minimum Gasteiger partial charge on any atom is -0.368 e. The van der Waals surface area contributed by atoms with Gasteiger partial charge in [0.15, 0.2) is 5.16 Å². The molecular formula is C11H11BrN6OS. The molecule has 2 aromatic rings. The van der Waals surface area contributed by atoms with E-state index in [0.717, 1.165) is 16.2 Å². The average molecular weight is 355 g/mol. The van der Waals surface area contributed by atoms with Crippen LogP contribution in [0.2, 0.25) is 0 Å². The smallest absolute Gasteiger partial charge is 0.234 e. The first-order chi connectivity index (χ1) is 9.52. The van der Waals surface area contributed by atoms with Crippen molar-refractivity contribution in [3.8, 4) is 0 Å². The minimum atomic E-state index is -0.171. The molecule has 0 atom stereocenters. The first-order valence-electron chi connectivity index (χ1n) is 5.48. The molecule has 5 N–H and O–H groups in total. The van der Waals surface area contributed by atoms with Crippen molar-refractivity contribution < 1.29 is 4.79 Å². The lowest BCUT2D eigenvalue weighted by atomic mass is 10.3. The molecule has 0 unspecified atom stereocenters. The van der Waals surface area contributed by atoms with E-state index in [0.29, 0.717) is 10.8 Å². The third-order valence-corrected chi connectivity index (χ3v) is 3.49. The van der Waals surface area contributed by atoms with E-state index < -0.39 is 0 Å². The number of amides is 1. The summed E-state index contributed by atoms with van der Waals surface area (Å²) in [6.45, 7) is 0. The second kappa shape index (κ2) is 6.53. The van der Waals surface area contributed by atoms with Crippen molar-refractivity contribution in [3.63, 3.8) is 0 Å². The number of carbonyl (C=O) groups is 1. The fourth-order valence-corrected chi connectivity index (χ4v) is 2.23. The Morgan fingerprint density at radius 1 is 1.15 bits per heavy atom. The van der Waals surface area contributed by atoms with Crippen LogP contribution in [0.5, 0.6) is 0 Å². The third-order valence-electron chi connectivity index (χ3n) is 2.11. The summed E-state index contributed by atoms with van der Waals surface area (Å²) in [6.07, 6.45) is 0. The number of nitrogens with one attached hydrogen (secondary N) is 1. The van der Waals surface area contributed by atoms with Gasteiger partial charge in [-0.1, -0.05) is 27.7 Å². The van der Waals surface area contributed by atoms with Crippen LogP contribution >= 0.6 is 27.7 Å². The number of nitrogens with two attached hydrogens (primary N) is 2. The lowest BCUT2D eigenvalue weighted by Gasteiger charge is -2.05. The molecule has 0 fully saturated rings. The maximum atomic E-state index is 11.8. The van der Waals surface area contributed by atoms with Gasteiger partial charge in [-0.2, -0.15) is 15.0 Å². The van der Waals surface area contributed by atoms with Gasteiger partial charge in [0.2, 0.25) is 17.8 Å². The summed E-state index contributed by atoms with van der Waals surface area (Å²) in [5.41, 5.74) is 11.6. The van der Waals surface area contributed by atoms with Gasteiger partial charge in [0.25, 0.3) is 0 Å². The summed E-state index contributed by atoms with van der Waals surface area (Å²) in [5.74, 6) is 0.0513. The Balaban J connectivity index is 1.90. The lowest BCUT2D eigenvalue weighted by Crippen LogP contribution is -2.14.